The van der Waals surface area contributed by atoms with E-state index in [2.05, 4.69) is 14.6 Å². The highest BCUT2D eigenvalue weighted by Gasteiger charge is 2.32. The summed E-state index contributed by atoms with van der Waals surface area (Å²) in [6, 6.07) is 5.64. The Morgan fingerprint density at radius 3 is 2.72 bits per heavy atom. The van der Waals surface area contributed by atoms with Crippen molar-refractivity contribution in [3.63, 3.8) is 0 Å². The van der Waals surface area contributed by atoms with Gasteiger partial charge in [-0.25, -0.2) is 22.2 Å². The molecular weight excluding hydrogens is 422 g/mol. The van der Waals surface area contributed by atoms with Crippen molar-refractivity contribution in [2.75, 3.05) is 43.4 Å². The predicted molar refractivity (Wildman–Crippen MR) is 110 cm³/mol. The lowest BCUT2D eigenvalue weighted by Crippen LogP contribution is -2.26. The van der Waals surface area contributed by atoms with Gasteiger partial charge in [-0.15, -0.1) is 0 Å². The van der Waals surface area contributed by atoms with E-state index in [1.54, 1.807) is 24.0 Å². The molecule has 1 unspecified atom stereocenters. The highest BCUT2D eigenvalue weighted by atomic mass is 35.5. The molecule has 158 valence electrons. The molecular formula is C19H23ClF2N4O2S. The molecule has 2 heterocycles. The smallest absolute Gasteiger partial charge is 0.268 e. The molecule has 10 heteroatoms. The van der Waals surface area contributed by atoms with Crippen molar-refractivity contribution in [3.8, 4) is 0 Å². The average Bonchev–Trinajstić information content (AvgIpc) is 3.05. The Morgan fingerprint density at radius 2 is 2.07 bits per heavy atom. The van der Waals surface area contributed by atoms with Gasteiger partial charge in [-0.2, -0.15) is 0 Å². The van der Waals surface area contributed by atoms with Crippen LogP contribution in [-0.2, 0) is 10.0 Å². The predicted octanol–water partition coefficient (Wildman–Crippen LogP) is 3.51. The van der Waals surface area contributed by atoms with Gasteiger partial charge in [0.25, 0.3) is 10.0 Å². The Kier molecular flexibility index (Phi) is 6.30. The second-order valence-corrected chi connectivity index (χ2v) is 9.46. The first-order chi connectivity index (χ1) is 13.6. The largest absolute Gasteiger partial charge is 0.370 e. The third-order valence-corrected chi connectivity index (χ3v) is 6.49. The Morgan fingerprint density at radius 1 is 1.34 bits per heavy atom. The molecule has 1 saturated heterocycles. The zero-order chi connectivity index (χ0) is 21.3. The number of halogens is 3. The van der Waals surface area contributed by atoms with Crippen molar-refractivity contribution in [2.45, 2.75) is 18.2 Å². The number of nitrogens with one attached hydrogen (secondary N) is 1. The van der Waals surface area contributed by atoms with Crippen LogP contribution in [0.25, 0.3) is 0 Å². The maximum Gasteiger partial charge on any atom is 0.268 e. The third kappa shape index (κ3) is 4.79. The van der Waals surface area contributed by atoms with Gasteiger partial charge in [0.05, 0.1) is 5.69 Å². The summed E-state index contributed by atoms with van der Waals surface area (Å²) in [7, 11) is -0.627. The summed E-state index contributed by atoms with van der Waals surface area (Å²) < 4.78 is 57.0. The standard InChI is InChI=1S/C19H23ClF2N4O2S/c1-12-5-4-6-16(23-12)24-29(27,28)19-14(21)9-15(17(20)18(19)22)26-8-7-13(11-26)10-25(2)3/h4-6,9,13H,7-8,10-11H2,1-3H3,(H,23,24). The van der Waals surface area contributed by atoms with Gasteiger partial charge >= 0.3 is 0 Å². The minimum absolute atomic E-state index is 0.0323. The van der Waals surface area contributed by atoms with E-state index in [0.29, 0.717) is 24.7 Å². The summed E-state index contributed by atoms with van der Waals surface area (Å²) in [5, 5.41) is -0.408. The first-order valence-electron chi connectivity index (χ1n) is 9.12. The van der Waals surface area contributed by atoms with Crippen LogP contribution >= 0.6 is 11.6 Å². The first-order valence-corrected chi connectivity index (χ1v) is 11.0. The molecule has 1 N–H and O–H groups in total. The summed E-state index contributed by atoms with van der Waals surface area (Å²) in [6.07, 6.45) is 0.860. The zero-order valence-electron chi connectivity index (χ0n) is 16.4. The van der Waals surface area contributed by atoms with Crippen LogP contribution in [0.15, 0.2) is 29.2 Å². The number of pyridine rings is 1. The number of hydrogen-bond donors (Lipinski definition) is 1. The van der Waals surface area contributed by atoms with Crippen LogP contribution in [-0.4, -0.2) is 52.0 Å². The van der Waals surface area contributed by atoms with Crippen LogP contribution in [0.5, 0.6) is 0 Å². The molecule has 3 rings (SSSR count). The molecule has 2 aromatic rings. The van der Waals surface area contributed by atoms with E-state index in [1.165, 1.54) is 6.07 Å². The van der Waals surface area contributed by atoms with Crippen LogP contribution in [0.2, 0.25) is 5.02 Å². The van der Waals surface area contributed by atoms with E-state index in [4.69, 9.17) is 11.6 Å². The minimum Gasteiger partial charge on any atom is -0.370 e. The number of benzene rings is 1. The van der Waals surface area contributed by atoms with Crippen molar-refractivity contribution < 1.29 is 17.2 Å². The topological polar surface area (TPSA) is 65.5 Å². The lowest BCUT2D eigenvalue weighted by atomic mass is 10.1. The average molecular weight is 445 g/mol. The van der Waals surface area contributed by atoms with Crippen molar-refractivity contribution in [1.82, 2.24) is 9.88 Å². The Hall–Kier alpha value is -1.97. The third-order valence-electron chi connectivity index (χ3n) is 4.74. The van der Waals surface area contributed by atoms with Crippen LogP contribution < -0.4 is 9.62 Å². The van der Waals surface area contributed by atoms with Gasteiger partial charge in [-0.3, -0.25) is 4.72 Å². The van der Waals surface area contributed by atoms with E-state index in [-0.39, 0.29) is 11.5 Å². The summed E-state index contributed by atoms with van der Waals surface area (Å²) in [6.45, 7) is 3.70. The summed E-state index contributed by atoms with van der Waals surface area (Å²) >= 11 is 6.14. The number of hydrogen-bond acceptors (Lipinski definition) is 5. The number of rotatable bonds is 6. The Labute approximate surface area is 174 Å². The van der Waals surface area contributed by atoms with Crippen LogP contribution in [0.1, 0.15) is 12.1 Å². The maximum atomic E-state index is 14.9. The Balaban J connectivity index is 1.91. The van der Waals surface area contributed by atoms with Gasteiger partial charge in [0.2, 0.25) is 0 Å². The van der Waals surface area contributed by atoms with Crippen LogP contribution in [0, 0.1) is 24.5 Å². The van der Waals surface area contributed by atoms with Crippen LogP contribution in [0.3, 0.4) is 0 Å². The van der Waals surface area contributed by atoms with Gasteiger partial charge < -0.3 is 9.80 Å². The molecule has 0 amide bonds. The van der Waals surface area contributed by atoms with Gasteiger partial charge in [-0.1, -0.05) is 17.7 Å². The Bertz CT molecular complexity index is 1020. The summed E-state index contributed by atoms with van der Waals surface area (Å²) in [4.78, 5) is 6.72. The molecule has 0 spiro atoms. The normalized spacial score (nSPS) is 17.2. The number of nitrogens with zero attached hydrogens (tertiary/aromatic N) is 3. The molecule has 29 heavy (non-hydrogen) atoms. The summed E-state index contributed by atoms with van der Waals surface area (Å²) in [5.41, 5.74) is 0.719. The highest BCUT2D eigenvalue weighted by Crippen LogP contribution is 2.37. The van der Waals surface area contributed by atoms with Gasteiger partial charge in [0, 0.05) is 31.4 Å². The van der Waals surface area contributed by atoms with Gasteiger partial charge in [0.15, 0.2) is 10.7 Å². The van der Waals surface area contributed by atoms with E-state index in [9.17, 15) is 17.2 Å². The second kappa shape index (κ2) is 8.41. The fourth-order valence-electron chi connectivity index (χ4n) is 3.55. The fraction of sp³-hybridized carbons (Fsp3) is 0.421. The molecule has 0 aliphatic carbocycles. The SMILES string of the molecule is Cc1cccc(NS(=O)(=O)c2c(F)cc(N3CCC(CN(C)C)C3)c(Cl)c2F)n1. The molecule has 1 atom stereocenters. The minimum atomic E-state index is -4.55. The molecule has 6 nitrogen and oxygen atoms in total. The lowest BCUT2D eigenvalue weighted by Gasteiger charge is -2.22. The number of anilines is 2. The van der Waals surface area contributed by atoms with E-state index in [1.807, 2.05) is 14.1 Å². The molecule has 1 aliphatic rings. The van der Waals surface area contributed by atoms with E-state index in [0.717, 1.165) is 19.0 Å². The lowest BCUT2D eigenvalue weighted by molar-refractivity contribution is 0.340. The quantitative estimate of drug-likeness (QED) is 0.691. The molecule has 1 aliphatic heterocycles. The monoisotopic (exact) mass is 444 g/mol. The zero-order valence-corrected chi connectivity index (χ0v) is 18.0. The molecule has 1 fully saturated rings. The van der Waals surface area contributed by atoms with Gasteiger partial charge in [-0.05, 0) is 45.5 Å². The number of aryl methyl sites for hydroxylation is 1. The fourth-order valence-corrected chi connectivity index (χ4v) is 5.02. The van der Waals surface area contributed by atoms with Crippen LogP contribution in [0.4, 0.5) is 20.3 Å². The van der Waals surface area contributed by atoms with E-state index < -0.39 is 31.6 Å². The van der Waals surface area contributed by atoms with Crippen molar-refractivity contribution in [2.24, 2.45) is 5.92 Å². The van der Waals surface area contributed by atoms with Crippen molar-refractivity contribution in [3.05, 3.63) is 46.6 Å². The molecule has 0 bridgehead atoms. The molecule has 0 saturated carbocycles. The maximum absolute atomic E-state index is 14.9. The number of aromatic nitrogens is 1. The first kappa shape index (κ1) is 21.7. The van der Waals surface area contributed by atoms with Gasteiger partial charge in [0.1, 0.15) is 16.7 Å². The van der Waals surface area contributed by atoms with Crippen molar-refractivity contribution in [1.29, 1.82) is 0 Å². The molecule has 1 aromatic carbocycles. The molecule has 0 radical (unpaired) electrons. The second-order valence-electron chi connectivity index (χ2n) is 7.47. The summed E-state index contributed by atoms with van der Waals surface area (Å²) in [5.74, 6) is -2.20. The number of sulfonamides is 1. The molecule has 1 aromatic heterocycles. The van der Waals surface area contributed by atoms with E-state index >= 15 is 0 Å². The van der Waals surface area contributed by atoms with Crippen molar-refractivity contribution >= 4 is 33.1 Å². The highest BCUT2D eigenvalue weighted by molar-refractivity contribution is 7.92.